The number of imidazole rings is 1. The highest BCUT2D eigenvalue weighted by molar-refractivity contribution is 5.93. The monoisotopic (exact) mass is 450 g/mol. The van der Waals surface area contributed by atoms with E-state index in [2.05, 4.69) is 25.0 Å². The maximum Gasteiger partial charge on any atom is 0.325 e. The van der Waals surface area contributed by atoms with Gasteiger partial charge in [0.25, 0.3) is 5.91 Å². The number of oxime groups is 1. The van der Waals surface area contributed by atoms with Crippen LogP contribution in [0.3, 0.4) is 0 Å². The molecule has 9 nitrogen and oxygen atoms in total. The molecule has 0 atom stereocenters. The lowest BCUT2D eigenvalue weighted by molar-refractivity contribution is -0.137. The summed E-state index contributed by atoms with van der Waals surface area (Å²) in [6.07, 6.45) is 8.42. The Bertz CT molecular complexity index is 1200. The molecule has 174 valence electrons. The summed E-state index contributed by atoms with van der Waals surface area (Å²) in [7, 11) is 0. The lowest BCUT2D eigenvalue weighted by Crippen LogP contribution is -2.50. The Morgan fingerprint density at radius 2 is 1.94 bits per heavy atom. The summed E-state index contributed by atoms with van der Waals surface area (Å²) in [4.78, 5) is 43.4. The number of fused-ring (bicyclic) bond motifs is 2. The van der Waals surface area contributed by atoms with E-state index < -0.39 is 0 Å². The lowest BCUT2D eigenvalue weighted by atomic mass is 9.89. The summed E-state index contributed by atoms with van der Waals surface area (Å²) in [5.74, 6) is 0.812. The SMILES string of the molecule is O=C(CO/N=C/c1ccc2nc3[nH]c(=O)[nH]c3cc2c1)N1CCN(CC2CCCCC2)CC1. The van der Waals surface area contributed by atoms with E-state index in [0.717, 1.165) is 48.6 Å². The van der Waals surface area contributed by atoms with Crippen LogP contribution in [0.4, 0.5) is 0 Å². The second kappa shape index (κ2) is 9.74. The summed E-state index contributed by atoms with van der Waals surface area (Å²) < 4.78 is 0. The van der Waals surface area contributed by atoms with Crippen LogP contribution in [0.2, 0.25) is 0 Å². The molecule has 2 aliphatic rings. The molecule has 3 heterocycles. The predicted molar refractivity (Wildman–Crippen MR) is 127 cm³/mol. The Labute approximate surface area is 191 Å². The quantitative estimate of drug-likeness (QED) is 0.443. The summed E-state index contributed by atoms with van der Waals surface area (Å²) in [5.41, 5.74) is 2.50. The van der Waals surface area contributed by atoms with E-state index in [9.17, 15) is 9.59 Å². The van der Waals surface area contributed by atoms with Gasteiger partial charge >= 0.3 is 5.69 Å². The van der Waals surface area contributed by atoms with Crippen LogP contribution in [0.25, 0.3) is 22.1 Å². The molecule has 2 N–H and O–H groups in total. The van der Waals surface area contributed by atoms with Crippen molar-refractivity contribution < 1.29 is 9.63 Å². The second-order valence-electron chi connectivity index (χ2n) is 9.11. The van der Waals surface area contributed by atoms with Gasteiger partial charge in [0.2, 0.25) is 0 Å². The number of hydrogen-bond donors (Lipinski definition) is 2. The Morgan fingerprint density at radius 3 is 2.76 bits per heavy atom. The number of hydrogen-bond acceptors (Lipinski definition) is 6. The van der Waals surface area contributed by atoms with Crippen molar-refractivity contribution in [2.24, 2.45) is 11.1 Å². The topological polar surface area (TPSA) is 107 Å². The number of benzene rings is 1. The molecule has 1 saturated carbocycles. The fourth-order valence-corrected chi connectivity index (χ4v) is 4.92. The minimum atomic E-state index is -0.279. The molecule has 33 heavy (non-hydrogen) atoms. The smallest absolute Gasteiger partial charge is 0.325 e. The van der Waals surface area contributed by atoms with Crippen LogP contribution in [0.15, 0.2) is 34.2 Å². The zero-order valence-electron chi connectivity index (χ0n) is 18.8. The van der Waals surface area contributed by atoms with E-state index in [4.69, 9.17) is 4.84 Å². The van der Waals surface area contributed by atoms with Crippen LogP contribution in [-0.4, -0.2) is 76.2 Å². The molecule has 9 heteroatoms. The van der Waals surface area contributed by atoms with Crippen LogP contribution in [0.5, 0.6) is 0 Å². The summed E-state index contributed by atoms with van der Waals surface area (Å²) in [5, 5.41) is 4.85. The van der Waals surface area contributed by atoms with Gasteiger partial charge in [0.05, 0.1) is 17.2 Å². The van der Waals surface area contributed by atoms with Gasteiger partial charge in [-0.05, 0) is 42.5 Å². The third-order valence-electron chi connectivity index (χ3n) is 6.75. The first-order valence-electron chi connectivity index (χ1n) is 11.8. The fourth-order valence-electron chi connectivity index (χ4n) is 4.92. The van der Waals surface area contributed by atoms with Gasteiger partial charge in [-0.15, -0.1) is 0 Å². The van der Waals surface area contributed by atoms with Crippen molar-refractivity contribution in [3.05, 3.63) is 40.3 Å². The van der Waals surface area contributed by atoms with Crippen molar-refractivity contribution in [1.29, 1.82) is 0 Å². The predicted octanol–water partition coefficient (Wildman–Crippen LogP) is 2.48. The molecule has 3 aromatic rings. The van der Waals surface area contributed by atoms with Crippen LogP contribution in [0.1, 0.15) is 37.7 Å². The van der Waals surface area contributed by atoms with Crippen LogP contribution in [0, 0.1) is 5.92 Å². The maximum atomic E-state index is 12.5. The number of nitrogens with one attached hydrogen (secondary N) is 2. The van der Waals surface area contributed by atoms with Crippen molar-refractivity contribution in [2.75, 3.05) is 39.3 Å². The first kappa shape index (κ1) is 21.6. The normalized spacial score (nSPS) is 18.5. The standard InChI is InChI=1S/C24H30N6O3/c31-22(30-10-8-29(9-11-30)15-17-4-2-1-3-5-17)16-33-25-14-18-6-7-20-19(12-18)13-21-23(26-20)28-24(32)27-21/h6-7,12-14,17H,1-5,8-11,15-16H2,(H2,26,27,28,32)/b25-14+. The number of aromatic amines is 2. The van der Waals surface area contributed by atoms with Crippen molar-refractivity contribution in [3.8, 4) is 0 Å². The number of carbonyl (C=O) groups is 1. The largest absolute Gasteiger partial charge is 0.386 e. The number of carbonyl (C=O) groups excluding carboxylic acids is 1. The van der Waals surface area contributed by atoms with E-state index in [1.54, 1.807) is 6.21 Å². The van der Waals surface area contributed by atoms with E-state index in [1.807, 2.05) is 29.2 Å². The van der Waals surface area contributed by atoms with E-state index in [0.29, 0.717) is 11.2 Å². The maximum absolute atomic E-state index is 12.5. The van der Waals surface area contributed by atoms with Gasteiger partial charge in [-0.2, -0.15) is 0 Å². The lowest BCUT2D eigenvalue weighted by Gasteiger charge is -2.37. The Morgan fingerprint density at radius 1 is 1.12 bits per heavy atom. The molecule has 1 aliphatic heterocycles. The van der Waals surface area contributed by atoms with Gasteiger partial charge in [-0.25, -0.2) is 9.78 Å². The van der Waals surface area contributed by atoms with Gasteiger partial charge in [0.1, 0.15) is 0 Å². The number of H-pyrrole nitrogens is 2. The molecule has 2 fully saturated rings. The van der Waals surface area contributed by atoms with Crippen molar-refractivity contribution in [1.82, 2.24) is 24.8 Å². The van der Waals surface area contributed by atoms with Crippen molar-refractivity contribution >= 4 is 34.2 Å². The Hall–Kier alpha value is -3.20. The molecule has 0 radical (unpaired) electrons. The number of aromatic nitrogens is 3. The molecule has 1 amide bonds. The molecule has 5 rings (SSSR count). The van der Waals surface area contributed by atoms with Crippen LogP contribution < -0.4 is 5.69 Å². The molecule has 1 saturated heterocycles. The zero-order chi connectivity index (χ0) is 22.6. The van der Waals surface area contributed by atoms with Crippen molar-refractivity contribution in [3.63, 3.8) is 0 Å². The highest BCUT2D eigenvalue weighted by Gasteiger charge is 2.24. The van der Waals surface area contributed by atoms with E-state index >= 15 is 0 Å². The molecule has 1 aromatic carbocycles. The van der Waals surface area contributed by atoms with Gasteiger partial charge in [-0.1, -0.05) is 30.5 Å². The third kappa shape index (κ3) is 5.24. The molecule has 0 spiro atoms. The molecule has 1 aliphatic carbocycles. The van der Waals surface area contributed by atoms with Crippen molar-refractivity contribution in [2.45, 2.75) is 32.1 Å². The summed E-state index contributed by atoms with van der Waals surface area (Å²) in [6, 6.07) is 7.50. The average Bonchev–Trinajstić information content (AvgIpc) is 3.20. The fraction of sp³-hybridized carbons (Fsp3) is 0.500. The second-order valence-corrected chi connectivity index (χ2v) is 9.11. The molecular formula is C24H30N6O3. The Balaban J connectivity index is 1.09. The third-order valence-corrected chi connectivity index (χ3v) is 6.75. The summed E-state index contributed by atoms with van der Waals surface area (Å²) in [6.45, 7) is 4.51. The first-order chi connectivity index (χ1) is 16.1. The highest BCUT2D eigenvalue weighted by atomic mass is 16.6. The minimum absolute atomic E-state index is 0.0222. The number of pyridine rings is 1. The minimum Gasteiger partial charge on any atom is -0.386 e. The Kier molecular flexibility index (Phi) is 6.39. The van der Waals surface area contributed by atoms with Gasteiger partial charge in [-0.3, -0.25) is 14.7 Å². The van der Waals surface area contributed by atoms with Crippen LogP contribution >= 0.6 is 0 Å². The van der Waals surface area contributed by atoms with Gasteiger partial charge in [0.15, 0.2) is 12.3 Å². The number of amides is 1. The zero-order valence-corrected chi connectivity index (χ0v) is 18.8. The number of nitrogens with zero attached hydrogens (tertiary/aromatic N) is 4. The molecular weight excluding hydrogens is 420 g/mol. The molecule has 2 aromatic heterocycles. The molecule has 0 bridgehead atoms. The molecule has 0 unspecified atom stereocenters. The van der Waals surface area contributed by atoms with E-state index in [-0.39, 0.29) is 18.2 Å². The number of rotatable bonds is 6. The van der Waals surface area contributed by atoms with Crippen LogP contribution in [-0.2, 0) is 9.63 Å². The van der Waals surface area contributed by atoms with Gasteiger partial charge in [0, 0.05) is 38.1 Å². The first-order valence-corrected chi connectivity index (χ1v) is 11.8. The number of piperazine rings is 1. The summed E-state index contributed by atoms with van der Waals surface area (Å²) >= 11 is 0. The van der Waals surface area contributed by atoms with Gasteiger partial charge < -0.3 is 14.7 Å². The average molecular weight is 451 g/mol. The highest BCUT2D eigenvalue weighted by Crippen LogP contribution is 2.24. The van der Waals surface area contributed by atoms with E-state index in [1.165, 1.54) is 38.6 Å².